The first-order valence-electron chi connectivity index (χ1n) is 8.85. The zero-order valence-electron chi connectivity index (χ0n) is 16.5. The zero-order chi connectivity index (χ0) is 19.6. The number of benzene rings is 2. The molecule has 140 valence electrons. The Bertz CT molecular complexity index is 981. The van der Waals surface area contributed by atoms with Crippen molar-refractivity contribution in [2.24, 2.45) is 0 Å². The number of allylic oxidation sites excluding steroid dienone is 1. The molecule has 5 heteroatoms. The van der Waals surface area contributed by atoms with Gasteiger partial charge in [-0.2, -0.15) is 0 Å². The first-order valence-corrected chi connectivity index (χ1v) is 8.85. The molecular weight excluding hydrogens is 338 g/mol. The molecule has 0 aliphatic heterocycles. The highest BCUT2D eigenvalue weighted by molar-refractivity contribution is 5.92. The highest BCUT2D eigenvalue weighted by Crippen LogP contribution is 2.35. The predicted octanol–water partition coefficient (Wildman–Crippen LogP) is 5.16. The van der Waals surface area contributed by atoms with E-state index in [9.17, 15) is 0 Å². The lowest BCUT2D eigenvalue weighted by atomic mass is 10.0. The Balaban J connectivity index is 1.99. The van der Waals surface area contributed by atoms with E-state index in [-0.39, 0.29) is 6.04 Å². The molecule has 2 aromatic carbocycles. The van der Waals surface area contributed by atoms with Gasteiger partial charge >= 0.3 is 0 Å². The summed E-state index contributed by atoms with van der Waals surface area (Å²) in [4.78, 5) is 9.15. The average Bonchev–Trinajstić information content (AvgIpc) is 2.66. The van der Waals surface area contributed by atoms with Crippen molar-refractivity contribution < 1.29 is 9.47 Å². The Morgan fingerprint density at radius 2 is 1.67 bits per heavy atom. The Labute approximate surface area is 160 Å². The number of hydrogen-bond donors (Lipinski definition) is 1. The van der Waals surface area contributed by atoms with Gasteiger partial charge in [0.05, 0.1) is 19.7 Å². The van der Waals surface area contributed by atoms with E-state index in [0.717, 1.165) is 27.9 Å². The first-order chi connectivity index (χ1) is 12.9. The summed E-state index contributed by atoms with van der Waals surface area (Å²) in [5.41, 5.74) is 4.18. The molecule has 1 heterocycles. The normalized spacial score (nSPS) is 11.9. The van der Waals surface area contributed by atoms with E-state index < -0.39 is 0 Å². The molecule has 0 spiro atoms. The van der Waals surface area contributed by atoms with Crippen molar-refractivity contribution in [3.63, 3.8) is 0 Å². The maximum absolute atomic E-state index is 5.44. The summed E-state index contributed by atoms with van der Waals surface area (Å²) in [7, 11) is 3.24. The molecule has 0 bridgehead atoms. The van der Waals surface area contributed by atoms with Crippen LogP contribution in [0, 0.1) is 6.92 Å². The molecular formula is C22H25N3O2. The number of ether oxygens (including phenoxy) is 2. The summed E-state index contributed by atoms with van der Waals surface area (Å²) in [6, 6.07) is 12.3. The molecule has 1 N–H and O–H groups in total. The lowest BCUT2D eigenvalue weighted by Gasteiger charge is -2.18. The third kappa shape index (κ3) is 3.87. The minimum absolute atomic E-state index is 0.0785. The Kier molecular flexibility index (Phi) is 5.31. The van der Waals surface area contributed by atoms with Crippen LogP contribution in [0.3, 0.4) is 0 Å². The van der Waals surface area contributed by atoms with Crippen molar-refractivity contribution in [1.82, 2.24) is 9.97 Å². The van der Waals surface area contributed by atoms with E-state index in [0.29, 0.717) is 17.3 Å². The van der Waals surface area contributed by atoms with Crippen molar-refractivity contribution in [2.75, 3.05) is 19.5 Å². The van der Waals surface area contributed by atoms with Crippen molar-refractivity contribution in [3.05, 3.63) is 59.9 Å². The van der Waals surface area contributed by atoms with E-state index in [1.807, 2.05) is 26.0 Å². The van der Waals surface area contributed by atoms with Crippen LogP contribution in [0.2, 0.25) is 0 Å². The molecule has 1 aromatic heterocycles. The molecule has 3 rings (SSSR count). The quantitative estimate of drug-likeness (QED) is 0.655. The summed E-state index contributed by atoms with van der Waals surface area (Å²) in [5, 5.41) is 4.40. The van der Waals surface area contributed by atoms with Crippen LogP contribution in [-0.2, 0) is 0 Å². The lowest BCUT2D eigenvalue weighted by Crippen LogP contribution is -2.10. The van der Waals surface area contributed by atoms with Gasteiger partial charge < -0.3 is 14.8 Å². The number of nitrogens with zero attached hydrogens (tertiary/aromatic N) is 2. The SMILES string of the molecule is C=C(C)c1ccc([C@@H](C)Nc2nc(C)nc3cc(OC)c(OC)cc23)cc1. The van der Waals surface area contributed by atoms with Gasteiger partial charge in [-0.3, -0.25) is 0 Å². The van der Waals surface area contributed by atoms with Crippen LogP contribution in [0.4, 0.5) is 5.82 Å². The van der Waals surface area contributed by atoms with Crippen LogP contribution >= 0.6 is 0 Å². The fourth-order valence-corrected chi connectivity index (χ4v) is 3.03. The van der Waals surface area contributed by atoms with E-state index in [4.69, 9.17) is 9.47 Å². The van der Waals surface area contributed by atoms with Crippen molar-refractivity contribution in [2.45, 2.75) is 26.8 Å². The number of fused-ring (bicyclic) bond motifs is 1. The van der Waals surface area contributed by atoms with Crippen LogP contribution < -0.4 is 14.8 Å². The van der Waals surface area contributed by atoms with Crippen molar-refractivity contribution in [1.29, 1.82) is 0 Å². The fraction of sp³-hybridized carbons (Fsp3) is 0.273. The topological polar surface area (TPSA) is 56.3 Å². The number of nitrogens with one attached hydrogen (secondary N) is 1. The number of methoxy groups -OCH3 is 2. The summed E-state index contributed by atoms with van der Waals surface area (Å²) in [6.45, 7) is 9.99. The van der Waals surface area contributed by atoms with E-state index in [2.05, 4.69) is 53.1 Å². The molecule has 3 aromatic rings. The van der Waals surface area contributed by atoms with E-state index in [1.54, 1.807) is 14.2 Å². The molecule has 0 saturated heterocycles. The Morgan fingerprint density at radius 3 is 2.26 bits per heavy atom. The van der Waals surface area contributed by atoms with E-state index in [1.165, 1.54) is 5.56 Å². The van der Waals surface area contributed by atoms with Crippen molar-refractivity contribution in [3.8, 4) is 11.5 Å². The number of aromatic nitrogens is 2. The number of anilines is 1. The molecule has 0 amide bonds. The standard InChI is InChI=1S/C22H25N3O2/c1-13(2)16-7-9-17(10-8-16)14(3)23-22-18-11-20(26-5)21(27-6)12-19(18)24-15(4)25-22/h7-12,14H,1H2,2-6H3,(H,23,24,25)/t14-/m1/s1. The molecule has 0 aliphatic rings. The van der Waals surface area contributed by atoms with Crippen molar-refractivity contribution >= 4 is 22.3 Å². The lowest BCUT2D eigenvalue weighted by molar-refractivity contribution is 0.356. The molecule has 0 saturated carbocycles. The van der Waals surface area contributed by atoms with Crippen LogP contribution in [0.15, 0.2) is 43.0 Å². The molecule has 27 heavy (non-hydrogen) atoms. The molecule has 0 radical (unpaired) electrons. The third-order valence-electron chi connectivity index (χ3n) is 4.57. The number of aryl methyl sites for hydroxylation is 1. The second-order valence-electron chi connectivity index (χ2n) is 6.61. The van der Waals surface area contributed by atoms with Gasteiger partial charge in [0, 0.05) is 17.5 Å². The summed E-state index contributed by atoms with van der Waals surface area (Å²) >= 11 is 0. The van der Waals surface area contributed by atoms with Gasteiger partial charge in [-0.1, -0.05) is 36.4 Å². The smallest absolute Gasteiger partial charge is 0.162 e. The Hall–Kier alpha value is -3.08. The highest BCUT2D eigenvalue weighted by Gasteiger charge is 2.14. The highest BCUT2D eigenvalue weighted by atomic mass is 16.5. The van der Waals surface area contributed by atoms with Crippen LogP contribution in [0.1, 0.15) is 36.8 Å². The zero-order valence-corrected chi connectivity index (χ0v) is 16.5. The van der Waals surface area contributed by atoms with Gasteiger partial charge in [0.15, 0.2) is 11.5 Å². The number of rotatable bonds is 6. The van der Waals surface area contributed by atoms with Gasteiger partial charge in [-0.15, -0.1) is 0 Å². The monoisotopic (exact) mass is 363 g/mol. The molecule has 0 fully saturated rings. The predicted molar refractivity (Wildman–Crippen MR) is 111 cm³/mol. The van der Waals surface area contributed by atoms with Gasteiger partial charge in [-0.05, 0) is 38.0 Å². The molecule has 5 nitrogen and oxygen atoms in total. The third-order valence-corrected chi connectivity index (χ3v) is 4.57. The largest absolute Gasteiger partial charge is 0.493 e. The van der Waals surface area contributed by atoms with Gasteiger partial charge in [-0.25, -0.2) is 9.97 Å². The summed E-state index contributed by atoms with van der Waals surface area (Å²) in [5.74, 6) is 2.77. The second kappa shape index (κ2) is 7.66. The molecule has 0 unspecified atom stereocenters. The van der Waals surface area contributed by atoms with Crippen LogP contribution in [-0.4, -0.2) is 24.2 Å². The fourth-order valence-electron chi connectivity index (χ4n) is 3.03. The molecule has 1 atom stereocenters. The maximum Gasteiger partial charge on any atom is 0.162 e. The minimum Gasteiger partial charge on any atom is -0.493 e. The second-order valence-corrected chi connectivity index (χ2v) is 6.61. The van der Waals surface area contributed by atoms with Gasteiger partial charge in [0.1, 0.15) is 11.6 Å². The summed E-state index contributed by atoms with van der Waals surface area (Å²) in [6.07, 6.45) is 0. The number of hydrogen-bond acceptors (Lipinski definition) is 5. The Morgan fingerprint density at radius 1 is 1.04 bits per heavy atom. The minimum atomic E-state index is 0.0785. The molecule has 0 aliphatic carbocycles. The van der Waals surface area contributed by atoms with E-state index >= 15 is 0 Å². The van der Waals surface area contributed by atoms with Gasteiger partial charge in [0.25, 0.3) is 0 Å². The van der Waals surface area contributed by atoms with Crippen LogP contribution in [0.5, 0.6) is 11.5 Å². The van der Waals surface area contributed by atoms with Crippen LogP contribution in [0.25, 0.3) is 16.5 Å². The average molecular weight is 363 g/mol. The summed E-state index contributed by atoms with van der Waals surface area (Å²) < 4.78 is 10.8. The van der Waals surface area contributed by atoms with Gasteiger partial charge in [0.2, 0.25) is 0 Å². The maximum atomic E-state index is 5.44. The first kappa shape index (κ1) is 18.7.